The van der Waals surface area contributed by atoms with Gasteiger partial charge in [-0.1, -0.05) is 5.16 Å². The van der Waals surface area contributed by atoms with Crippen molar-refractivity contribution >= 4 is 6.29 Å². The fraction of sp³-hybridized carbons (Fsp3) is 0.600. The van der Waals surface area contributed by atoms with Crippen LogP contribution in [0, 0.1) is 18.8 Å². The van der Waals surface area contributed by atoms with Gasteiger partial charge in [-0.3, -0.25) is 0 Å². The summed E-state index contributed by atoms with van der Waals surface area (Å²) in [5.41, 5.74) is 0.904. The molecule has 1 heterocycles. The van der Waals surface area contributed by atoms with E-state index >= 15 is 0 Å². The van der Waals surface area contributed by atoms with Crippen LogP contribution in [-0.4, -0.2) is 11.4 Å². The SMILES string of the molecule is Cc1cc(CC(C=O)C2CC2)no1. The Labute approximate surface area is 77.1 Å². The summed E-state index contributed by atoms with van der Waals surface area (Å²) in [5, 5.41) is 3.88. The van der Waals surface area contributed by atoms with Crippen LogP contribution in [0.3, 0.4) is 0 Å². The summed E-state index contributed by atoms with van der Waals surface area (Å²) >= 11 is 0. The van der Waals surface area contributed by atoms with Crippen LogP contribution < -0.4 is 0 Å². The van der Waals surface area contributed by atoms with Crippen molar-refractivity contribution < 1.29 is 9.32 Å². The zero-order chi connectivity index (χ0) is 9.26. The van der Waals surface area contributed by atoms with Gasteiger partial charge in [0.2, 0.25) is 0 Å². The van der Waals surface area contributed by atoms with E-state index in [0.29, 0.717) is 5.92 Å². The van der Waals surface area contributed by atoms with Crippen molar-refractivity contribution in [3.8, 4) is 0 Å². The minimum atomic E-state index is 0.157. The number of carbonyl (C=O) groups excluding carboxylic acids is 1. The molecule has 3 heteroatoms. The summed E-state index contributed by atoms with van der Waals surface area (Å²) in [7, 11) is 0. The molecule has 1 fully saturated rings. The van der Waals surface area contributed by atoms with E-state index < -0.39 is 0 Å². The van der Waals surface area contributed by atoms with Crippen LogP contribution in [0.1, 0.15) is 24.3 Å². The van der Waals surface area contributed by atoms with Crippen LogP contribution in [0.15, 0.2) is 10.6 Å². The Kier molecular flexibility index (Phi) is 2.17. The second kappa shape index (κ2) is 3.32. The van der Waals surface area contributed by atoms with Crippen LogP contribution in [0.4, 0.5) is 0 Å². The number of hydrogen-bond acceptors (Lipinski definition) is 3. The van der Waals surface area contributed by atoms with Crippen molar-refractivity contribution in [1.29, 1.82) is 0 Å². The average Bonchev–Trinajstić information content (AvgIpc) is 2.87. The Bertz CT molecular complexity index is 302. The molecular weight excluding hydrogens is 166 g/mol. The van der Waals surface area contributed by atoms with Gasteiger partial charge in [-0.15, -0.1) is 0 Å². The third-order valence-electron chi connectivity index (χ3n) is 2.52. The zero-order valence-electron chi connectivity index (χ0n) is 7.69. The normalized spacial score (nSPS) is 18.5. The van der Waals surface area contributed by atoms with Gasteiger partial charge in [0.15, 0.2) is 0 Å². The van der Waals surface area contributed by atoms with E-state index in [1.807, 2.05) is 13.0 Å². The van der Waals surface area contributed by atoms with Crippen molar-refractivity contribution in [3.63, 3.8) is 0 Å². The van der Waals surface area contributed by atoms with E-state index in [1.54, 1.807) is 0 Å². The summed E-state index contributed by atoms with van der Waals surface area (Å²) in [6, 6.07) is 1.90. The highest BCUT2D eigenvalue weighted by molar-refractivity contribution is 5.55. The maximum absolute atomic E-state index is 10.7. The summed E-state index contributed by atoms with van der Waals surface area (Å²) in [5.74, 6) is 1.58. The molecule has 3 nitrogen and oxygen atoms in total. The lowest BCUT2D eigenvalue weighted by Crippen LogP contribution is -2.08. The van der Waals surface area contributed by atoms with Gasteiger partial charge in [0.05, 0.1) is 5.69 Å². The van der Waals surface area contributed by atoms with Crippen LogP contribution in [0.5, 0.6) is 0 Å². The van der Waals surface area contributed by atoms with Crippen molar-refractivity contribution in [2.45, 2.75) is 26.2 Å². The Hall–Kier alpha value is -1.12. The van der Waals surface area contributed by atoms with Gasteiger partial charge in [-0.05, 0) is 25.7 Å². The van der Waals surface area contributed by atoms with Crippen LogP contribution in [-0.2, 0) is 11.2 Å². The molecule has 1 aromatic rings. The van der Waals surface area contributed by atoms with Crippen molar-refractivity contribution in [2.24, 2.45) is 11.8 Å². The predicted molar refractivity (Wildman–Crippen MR) is 47.2 cm³/mol. The molecule has 0 amide bonds. The molecule has 70 valence electrons. The van der Waals surface area contributed by atoms with Gasteiger partial charge in [-0.25, -0.2) is 0 Å². The van der Waals surface area contributed by atoms with Crippen molar-refractivity contribution in [2.75, 3.05) is 0 Å². The second-order valence-electron chi connectivity index (χ2n) is 3.77. The number of aromatic nitrogens is 1. The first-order valence-corrected chi connectivity index (χ1v) is 4.67. The fourth-order valence-corrected chi connectivity index (χ4v) is 1.61. The summed E-state index contributed by atoms with van der Waals surface area (Å²) in [6.07, 6.45) is 4.19. The first-order valence-electron chi connectivity index (χ1n) is 4.67. The molecule has 1 aliphatic carbocycles. The quantitative estimate of drug-likeness (QED) is 0.661. The minimum Gasteiger partial charge on any atom is -0.361 e. The van der Waals surface area contributed by atoms with Crippen molar-refractivity contribution in [1.82, 2.24) is 5.16 Å². The van der Waals surface area contributed by atoms with Crippen molar-refractivity contribution in [3.05, 3.63) is 17.5 Å². The second-order valence-corrected chi connectivity index (χ2v) is 3.77. The van der Waals surface area contributed by atoms with Gasteiger partial charge < -0.3 is 9.32 Å². The Balaban J connectivity index is 1.98. The number of nitrogens with zero attached hydrogens (tertiary/aromatic N) is 1. The molecule has 1 aliphatic rings. The van der Waals surface area contributed by atoms with E-state index in [0.717, 1.165) is 24.2 Å². The summed E-state index contributed by atoms with van der Waals surface area (Å²) < 4.78 is 4.94. The molecule has 1 saturated carbocycles. The number of aryl methyl sites for hydroxylation is 1. The highest BCUT2D eigenvalue weighted by atomic mass is 16.5. The molecule has 1 unspecified atom stereocenters. The fourth-order valence-electron chi connectivity index (χ4n) is 1.61. The first kappa shape index (κ1) is 8.48. The Morgan fingerprint density at radius 1 is 1.77 bits per heavy atom. The third-order valence-corrected chi connectivity index (χ3v) is 2.52. The molecular formula is C10H13NO2. The molecule has 1 aromatic heterocycles. The topological polar surface area (TPSA) is 43.1 Å². The van der Waals surface area contributed by atoms with Crippen LogP contribution in [0.2, 0.25) is 0 Å². The summed E-state index contributed by atoms with van der Waals surface area (Å²) in [4.78, 5) is 10.7. The first-order chi connectivity index (χ1) is 6.29. The number of aldehydes is 1. The van der Waals surface area contributed by atoms with Crippen LogP contribution in [0.25, 0.3) is 0 Å². The lowest BCUT2D eigenvalue weighted by Gasteiger charge is -2.03. The lowest BCUT2D eigenvalue weighted by atomic mass is 10.00. The molecule has 0 saturated heterocycles. The number of rotatable bonds is 4. The smallest absolute Gasteiger partial charge is 0.133 e. The maximum Gasteiger partial charge on any atom is 0.133 e. The van der Waals surface area contributed by atoms with Gasteiger partial charge in [0.1, 0.15) is 12.0 Å². The zero-order valence-corrected chi connectivity index (χ0v) is 7.69. The lowest BCUT2D eigenvalue weighted by molar-refractivity contribution is -0.111. The molecule has 2 rings (SSSR count). The molecule has 0 spiro atoms. The minimum absolute atomic E-state index is 0.157. The molecule has 13 heavy (non-hydrogen) atoms. The van der Waals surface area contributed by atoms with Crippen LogP contribution >= 0.6 is 0 Å². The van der Waals surface area contributed by atoms with Gasteiger partial charge >= 0.3 is 0 Å². The third kappa shape index (κ3) is 1.97. The van der Waals surface area contributed by atoms with E-state index in [4.69, 9.17) is 4.52 Å². The average molecular weight is 179 g/mol. The largest absolute Gasteiger partial charge is 0.361 e. The Morgan fingerprint density at radius 3 is 3.00 bits per heavy atom. The molecule has 0 aliphatic heterocycles. The molecule has 1 atom stereocenters. The monoisotopic (exact) mass is 179 g/mol. The summed E-state index contributed by atoms with van der Waals surface area (Å²) in [6.45, 7) is 1.86. The van der Waals surface area contributed by atoms with Gasteiger partial charge in [0, 0.05) is 18.4 Å². The standard InChI is InChI=1S/C10H13NO2/c1-7-4-10(11-13-7)5-9(6-12)8-2-3-8/h4,6,8-9H,2-3,5H2,1H3. The van der Waals surface area contributed by atoms with E-state index in [-0.39, 0.29) is 5.92 Å². The highest BCUT2D eigenvalue weighted by Crippen LogP contribution is 2.37. The van der Waals surface area contributed by atoms with E-state index in [1.165, 1.54) is 12.8 Å². The Morgan fingerprint density at radius 2 is 2.54 bits per heavy atom. The molecule has 0 N–H and O–H groups in total. The van der Waals surface area contributed by atoms with E-state index in [2.05, 4.69) is 5.16 Å². The van der Waals surface area contributed by atoms with Gasteiger partial charge in [-0.2, -0.15) is 0 Å². The molecule has 0 aromatic carbocycles. The molecule has 0 bridgehead atoms. The van der Waals surface area contributed by atoms with E-state index in [9.17, 15) is 4.79 Å². The number of carbonyl (C=O) groups is 1. The molecule has 0 radical (unpaired) electrons. The van der Waals surface area contributed by atoms with Gasteiger partial charge in [0.25, 0.3) is 0 Å². The number of hydrogen-bond donors (Lipinski definition) is 0. The highest BCUT2D eigenvalue weighted by Gasteiger charge is 2.31. The predicted octanol–water partition coefficient (Wildman–Crippen LogP) is 1.75. The maximum atomic E-state index is 10.7.